The molecule has 0 unspecified atom stereocenters. The van der Waals surface area contributed by atoms with Gasteiger partial charge in [-0.1, -0.05) is 12.1 Å². The Bertz CT molecular complexity index is 927. The lowest BCUT2D eigenvalue weighted by molar-refractivity contribution is 0.102. The average molecular weight is 334 g/mol. The number of aromatic amines is 1. The second kappa shape index (κ2) is 6.63. The molecule has 1 aliphatic carbocycles. The van der Waals surface area contributed by atoms with Crippen LogP contribution >= 0.6 is 0 Å². The van der Waals surface area contributed by atoms with Crippen molar-refractivity contribution in [1.29, 1.82) is 0 Å². The Morgan fingerprint density at radius 3 is 2.88 bits per heavy atom. The molecular weight excluding hydrogens is 312 g/mol. The molecule has 0 radical (unpaired) electrons. The first-order chi connectivity index (χ1) is 12.3. The SMILES string of the molecule is CCOc1ccccc1NC(=O)c1ccc2[nH]c3c(c2c1)CCCC3. The quantitative estimate of drug-likeness (QED) is 0.727. The lowest BCUT2D eigenvalue weighted by atomic mass is 9.95. The summed E-state index contributed by atoms with van der Waals surface area (Å²) in [4.78, 5) is 16.2. The molecule has 2 N–H and O–H groups in total. The van der Waals surface area contributed by atoms with Gasteiger partial charge in [0, 0.05) is 22.2 Å². The number of fused-ring (bicyclic) bond motifs is 3. The van der Waals surface area contributed by atoms with Crippen LogP contribution in [-0.2, 0) is 12.8 Å². The van der Waals surface area contributed by atoms with Gasteiger partial charge in [-0.05, 0) is 68.5 Å². The molecular formula is C21H22N2O2. The molecule has 0 aliphatic heterocycles. The predicted molar refractivity (Wildman–Crippen MR) is 101 cm³/mol. The maximum absolute atomic E-state index is 12.7. The van der Waals surface area contributed by atoms with Crippen molar-refractivity contribution in [2.75, 3.05) is 11.9 Å². The Hall–Kier alpha value is -2.75. The number of anilines is 1. The molecule has 2 aromatic carbocycles. The molecule has 1 heterocycles. The highest BCUT2D eigenvalue weighted by molar-refractivity contribution is 6.07. The fourth-order valence-electron chi connectivity index (χ4n) is 3.59. The molecule has 0 bridgehead atoms. The first-order valence-corrected chi connectivity index (χ1v) is 8.93. The van der Waals surface area contributed by atoms with E-state index in [1.165, 1.54) is 29.5 Å². The number of aryl methyl sites for hydroxylation is 2. The summed E-state index contributed by atoms with van der Waals surface area (Å²) in [5.74, 6) is 0.582. The number of carbonyl (C=O) groups excluding carboxylic acids is 1. The smallest absolute Gasteiger partial charge is 0.255 e. The number of aromatic nitrogens is 1. The van der Waals surface area contributed by atoms with E-state index in [4.69, 9.17) is 4.74 Å². The number of para-hydroxylation sites is 2. The number of amides is 1. The van der Waals surface area contributed by atoms with Crippen LogP contribution < -0.4 is 10.1 Å². The summed E-state index contributed by atoms with van der Waals surface area (Å²) in [5, 5.41) is 4.16. The zero-order chi connectivity index (χ0) is 17.2. The van der Waals surface area contributed by atoms with Gasteiger partial charge in [0.15, 0.2) is 0 Å². The van der Waals surface area contributed by atoms with Crippen LogP contribution in [0.2, 0.25) is 0 Å². The van der Waals surface area contributed by atoms with Crippen molar-refractivity contribution < 1.29 is 9.53 Å². The monoisotopic (exact) mass is 334 g/mol. The molecule has 0 saturated heterocycles. The summed E-state index contributed by atoms with van der Waals surface area (Å²) in [7, 11) is 0. The molecule has 0 spiro atoms. The number of hydrogen-bond acceptors (Lipinski definition) is 2. The molecule has 4 rings (SSSR count). The topological polar surface area (TPSA) is 54.1 Å². The standard InChI is InChI=1S/C21H22N2O2/c1-2-25-20-10-6-5-9-19(20)23-21(24)14-11-12-18-16(13-14)15-7-3-4-8-17(15)22-18/h5-6,9-13,22H,2-4,7-8H2,1H3,(H,23,24). The summed E-state index contributed by atoms with van der Waals surface area (Å²) in [5.41, 5.74) is 5.21. The van der Waals surface area contributed by atoms with Crippen molar-refractivity contribution in [3.05, 3.63) is 59.3 Å². The van der Waals surface area contributed by atoms with Crippen molar-refractivity contribution in [3.8, 4) is 5.75 Å². The molecule has 0 atom stereocenters. The minimum Gasteiger partial charge on any atom is -0.492 e. The van der Waals surface area contributed by atoms with Gasteiger partial charge < -0.3 is 15.0 Å². The summed E-state index contributed by atoms with van der Waals surface area (Å²) in [6, 6.07) is 13.4. The second-order valence-corrected chi connectivity index (χ2v) is 6.43. The molecule has 0 saturated carbocycles. The number of ether oxygens (including phenoxy) is 1. The number of hydrogen-bond donors (Lipinski definition) is 2. The van der Waals surface area contributed by atoms with Gasteiger partial charge in [-0.3, -0.25) is 4.79 Å². The van der Waals surface area contributed by atoms with Crippen LogP contribution in [0.3, 0.4) is 0 Å². The maximum atomic E-state index is 12.7. The van der Waals surface area contributed by atoms with Crippen LogP contribution in [0.25, 0.3) is 10.9 Å². The van der Waals surface area contributed by atoms with Crippen LogP contribution in [0.1, 0.15) is 41.4 Å². The summed E-state index contributed by atoms with van der Waals surface area (Å²) < 4.78 is 5.59. The van der Waals surface area contributed by atoms with Gasteiger partial charge >= 0.3 is 0 Å². The molecule has 1 aliphatic rings. The Labute approximate surface area is 147 Å². The lowest BCUT2D eigenvalue weighted by Crippen LogP contribution is -2.13. The highest BCUT2D eigenvalue weighted by Crippen LogP contribution is 2.30. The van der Waals surface area contributed by atoms with E-state index in [1.54, 1.807) is 0 Å². The van der Waals surface area contributed by atoms with Crippen LogP contribution in [0.4, 0.5) is 5.69 Å². The molecule has 0 fully saturated rings. The third-order valence-corrected chi connectivity index (χ3v) is 4.80. The number of rotatable bonds is 4. The summed E-state index contributed by atoms with van der Waals surface area (Å²) in [6.45, 7) is 2.50. The van der Waals surface area contributed by atoms with Gasteiger partial charge in [-0.2, -0.15) is 0 Å². The van der Waals surface area contributed by atoms with E-state index in [9.17, 15) is 4.79 Å². The molecule has 1 aromatic heterocycles. The summed E-state index contributed by atoms with van der Waals surface area (Å²) >= 11 is 0. The van der Waals surface area contributed by atoms with E-state index in [0.29, 0.717) is 23.6 Å². The number of H-pyrrole nitrogens is 1. The minimum atomic E-state index is -0.111. The van der Waals surface area contributed by atoms with Gasteiger partial charge in [-0.15, -0.1) is 0 Å². The first kappa shape index (κ1) is 15.8. The van der Waals surface area contributed by atoms with E-state index in [2.05, 4.69) is 10.3 Å². The number of benzene rings is 2. The van der Waals surface area contributed by atoms with E-state index in [1.807, 2.05) is 49.4 Å². The maximum Gasteiger partial charge on any atom is 0.255 e. The molecule has 3 aromatic rings. The predicted octanol–water partition coefficient (Wildman–Crippen LogP) is 4.70. The van der Waals surface area contributed by atoms with Crippen LogP contribution in [0.15, 0.2) is 42.5 Å². The highest BCUT2D eigenvalue weighted by atomic mass is 16.5. The van der Waals surface area contributed by atoms with E-state index >= 15 is 0 Å². The fraction of sp³-hybridized carbons (Fsp3) is 0.286. The second-order valence-electron chi connectivity index (χ2n) is 6.43. The minimum absolute atomic E-state index is 0.111. The zero-order valence-corrected chi connectivity index (χ0v) is 14.4. The van der Waals surface area contributed by atoms with Crippen LogP contribution in [0.5, 0.6) is 5.75 Å². The fourth-order valence-corrected chi connectivity index (χ4v) is 3.59. The van der Waals surface area contributed by atoms with Crippen molar-refractivity contribution in [2.24, 2.45) is 0 Å². The highest BCUT2D eigenvalue weighted by Gasteiger charge is 2.17. The van der Waals surface area contributed by atoms with Gasteiger partial charge in [-0.25, -0.2) is 0 Å². The third kappa shape index (κ3) is 3.00. The Morgan fingerprint density at radius 1 is 1.16 bits per heavy atom. The third-order valence-electron chi connectivity index (χ3n) is 4.80. The molecule has 4 nitrogen and oxygen atoms in total. The Balaban J connectivity index is 1.64. The number of carbonyl (C=O) groups is 1. The van der Waals surface area contributed by atoms with Gasteiger partial charge in [0.25, 0.3) is 5.91 Å². The number of nitrogens with one attached hydrogen (secondary N) is 2. The lowest BCUT2D eigenvalue weighted by Gasteiger charge is -2.12. The van der Waals surface area contributed by atoms with Crippen LogP contribution in [-0.4, -0.2) is 17.5 Å². The normalized spacial score (nSPS) is 13.5. The van der Waals surface area contributed by atoms with Crippen molar-refractivity contribution in [2.45, 2.75) is 32.6 Å². The molecule has 128 valence electrons. The molecule has 1 amide bonds. The Morgan fingerprint density at radius 2 is 2.00 bits per heavy atom. The van der Waals surface area contributed by atoms with Gasteiger partial charge in [0.2, 0.25) is 0 Å². The van der Waals surface area contributed by atoms with E-state index < -0.39 is 0 Å². The molecule has 4 heteroatoms. The average Bonchev–Trinajstić information content (AvgIpc) is 3.01. The first-order valence-electron chi connectivity index (χ1n) is 8.93. The van der Waals surface area contributed by atoms with Crippen molar-refractivity contribution >= 4 is 22.5 Å². The van der Waals surface area contributed by atoms with E-state index in [0.717, 1.165) is 18.4 Å². The van der Waals surface area contributed by atoms with Gasteiger partial charge in [0.1, 0.15) is 5.75 Å². The summed E-state index contributed by atoms with van der Waals surface area (Å²) in [6.07, 6.45) is 4.65. The zero-order valence-electron chi connectivity index (χ0n) is 14.4. The largest absolute Gasteiger partial charge is 0.492 e. The molecule has 25 heavy (non-hydrogen) atoms. The Kier molecular flexibility index (Phi) is 4.18. The van der Waals surface area contributed by atoms with Crippen molar-refractivity contribution in [3.63, 3.8) is 0 Å². The van der Waals surface area contributed by atoms with Crippen LogP contribution in [0, 0.1) is 0 Å². The van der Waals surface area contributed by atoms with E-state index in [-0.39, 0.29) is 5.91 Å². The van der Waals surface area contributed by atoms with Gasteiger partial charge in [0.05, 0.1) is 12.3 Å². The van der Waals surface area contributed by atoms with Crippen molar-refractivity contribution in [1.82, 2.24) is 4.98 Å².